The lowest BCUT2D eigenvalue weighted by atomic mass is 9.79. The fourth-order valence-corrected chi connectivity index (χ4v) is 6.65. The summed E-state index contributed by atoms with van der Waals surface area (Å²) in [5, 5.41) is 3.11. The summed E-state index contributed by atoms with van der Waals surface area (Å²) in [5.74, 6) is 1.65. The molecule has 0 radical (unpaired) electrons. The van der Waals surface area contributed by atoms with Gasteiger partial charge in [0.15, 0.2) is 9.84 Å². The van der Waals surface area contributed by atoms with Crippen LogP contribution in [0.15, 0.2) is 17.8 Å². The molecule has 0 amide bonds. The molecule has 1 atom stereocenters. The molecule has 2 aliphatic rings. The molecule has 5 nitrogen and oxygen atoms in total. The van der Waals surface area contributed by atoms with Gasteiger partial charge in [-0.05, 0) is 30.7 Å². The molecule has 0 bridgehead atoms. The number of nitrogens with zero attached hydrogens (tertiary/aromatic N) is 3. The fourth-order valence-electron chi connectivity index (χ4n) is 3.72. The predicted molar refractivity (Wildman–Crippen MR) is 84.6 cm³/mol. The van der Waals surface area contributed by atoms with Gasteiger partial charge in [-0.15, -0.1) is 11.3 Å². The second-order valence-electron chi connectivity index (χ2n) is 6.20. The summed E-state index contributed by atoms with van der Waals surface area (Å²) in [6, 6.07) is 2.06. The van der Waals surface area contributed by atoms with Crippen LogP contribution in [0, 0.1) is 5.41 Å². The van der Waals surface area contributed by atoms with Crippen molar-refractivity contribution in [2.24, 2.45) is 5.41 Å². The van der Waals surface area contributed by atoms with Gasteiger partial charge in [0.1, 0.15) is 17.0 Å². The van der Waals surface area contributed by atoms with E-state index in [0.717, 1.165) is 48.4 Å². The van der Waals surface area contributed by atoms with Crippen LogP contribution in [-0.2, 0) is 9.84 Å². The van der Waals surface area contributed by atoms with Gasteiger partial charge in [-0.25, -0.2) is 18.4 Å². The van der Waals surface area contributed by atoms with E-state index in [1.807, 2.05) is 5.38 Å². The first-order valence-corrected chi connectivity index (χ1v) is 9.91. The quantitative estimate of drug-likeness (QED) is 0.804. The molecule has 0 aliphatic carbocycles. The molecule has 4 rings (SSSR count). The van der Waals surface area contributed by atoms with Gasteiger partial charge in [0.2, 0.25) is 0 Å². The number of piperidine rings is 1. The molecule has 7 heteroatoms. The number of anilines is 1. The molecule has 0 saturated carbocycles. The van der Waals surface area contributed by atoms with E-state index in [1.54, 1.807) is 17.7 Å². The zero-order valence-corrected chi connectivity index (χ0v) is 13.3. The van der Waals surface area contributed by atoms with Gasteiger partial charge < -0.3 is 4.90 Å². The van der Waals surface area contributed by atoms with Crippen LogP contribution in [-0.4, -0.2) is 43.0 Å². The van der Waals surface area contributed by atoms with Gasteiger partial charge in [-0.1, -0.05) is 0 Å². The first-order chi connectivity index (χ1) is 10.1. The molecule has 112 valence electrons. The summed E-state index contributed by atoms with van der Waals surface area (Å²) in [7, 11) is -2.85. The lowest BCUT2D eigenvalue weighted by Gasteiger charge is -2.40. The normalized spacial score (nSPS) is 28.5. The Balaban J connectivity index is 1.69. The Kier molecular flexibility index (Phi) is 2.97. The molecule has 0 N–H and O–H groups in total. The van der Waals surface area contributed by atoms with Crippen molar-refractivity contribution in [3.05, 3.63) is 17.8 Å². The topological polar surface area (TPSA) is 63.2 Å². The van der Waals surface area contributed by atoms with Gasteiger partial charge in [-0.3, -0.25) is 0 Å². The zero-order chi connectivity index (χ0) is 14.5. The standard InChI is InChI=1S/C14H17N3O2S2/c18-21(19)7-4-14(9-21)3-1-5-17(8-14)12-11-2-6-20-13(11)16-10-15-12/h2,6,10H,1,3-5,7-9H2. The molecular formula is C14H17N3O2S2. The minimum atomic E-state index is -2.85. The minimum absolute atomic E-state index is 0.0651. The van der Waals surface area contributed by atoms with Crippen LogP contribution in [0.1, 0.15) is 19.3 Å². The molecule has 2 fully saturated rings. The van der Waals surface area contributed by atoms with E-state index in [9.17, 15) is 8.42 Å². The van der Waals surface area contributed by atoms with E-state index in [4.69, 9.17) is 0 Å². The van der Waals surface area contributed by atoms with Crippen molar-refractivity contribution in [1.29, 1.82) is 0 Å². The second kappa shape index (κ2) is 4.64. The summed E-state index contributed by atoms with van der Waals surface area (Å²) < 4.78 is 23.8. The highest BCUT2D eigenvalue weighted by molar-refractivity contribution is 7.91. The third-order valence-corrected chi connectivity index (χ3v) is 7.37. The molecule has 2 aromatic heterocycles. The van der Waals surface area contributed by atoms with Crippen LogP contribution < -0.4 is 4.90 Å². The Morgan fingerprint density at radius 1 is 1.29 bits per heavy atom. The first kappa shape index (κ1) is 13.5. The van der Waals surface area contributed by atoms with Crippen LogP contribution in [0.4, 0.5) is 5.82 Å². The molecule has 1 unspecified atom stereocenters. The smallest absolute Gasteiger partial charge is 0.150 e. The maximum Gasteiger partial charge on any atom is 0.150 e. The fraction of sp³-hybridized carbons (Fsp3) is 0.571. The maximum absolute atomic E-state index is 11.9. The van der Waals surface area contributed by atoms with Gasteiger partial charge in [-0.2, -0.15) is 0 Å². The molecule has 1 spiro atoms. The average Bonchev–Trinajstić information content (AvgIpc) is 3.03. The Hall–Kier alpha value is -1.21. The van der Waals surface area contributed by atoms with E-state index >= 15 is 0 Å². The number of fused-ring (bicyclic) bond motifs is 1. The molecule has 4 heterocycles. The number of hydrogen-bond donors (Lipinski definition) is 0. The van der Waals surface area contributed by atoms with Gasteiger partial charge in [0.05, 0.1) is 16.9 Å². The molecule has 21 heavy (non-hydrogen) atoms. The van der Waals surface area contributed by atoms with Crippen molar-refractivity contribution < 1.29 is 8.42 Å². The van der Waals surface area contributed by atoms with E-state index in [2.05, 4.69) is 20.9 Å². The van der Waals surface area contributed by atoms with Crippen LogP contribution in [0.25, 0.3) is 10.2 Å². The van der Waals surface area contributed by atoms with Crippen molar-refractivity contribution in [1.82, 2.24) is 9.97 Å². The van der Waals surface area contributed by atoms with E-state index in [-0.39, 0.29) is 5.41 Å². The van der Waals surface area contributed by atoms with Crippen LogP contribution in [0.5, 0.6) is 0 Å². The Morgan fingerprint density at radius 3 is 3.00 bits per heavy atom. The third kappa shape index (κ3) is 2.32. The highest BCUT2D eigenvalue weighted by atomic mass is 32.2. The average molecular weight is 323 g/mol. The zero-order valence-electron chi connectivity index (χ0n) is 11.7. The lowest BCUT2D eigenvalue weighted by Crippen LogP contribution is -2.44. The van der Waals surface area contributed by atoms with E-state index in [1.165, 1.54) is 0 Å². The number of hydrogen-bond acceptors (Lipinski definition) is 6. The Labute approximate surface area is 127 Å². The van der Waals surface area contributed by atoms with Gasteiger partial charge in [0, 0.05) is 18.5 Å². The number of rotatable bonds is 1. The van der Waals surface area contributed by atoms with Crippen LogP contribution in [0.2, 0.25) is 0 Å². The first-order valence-electron chi connectivity index (χ1n) is 7.21. The minimum Gasteiger partial charge on any atom is -0.355 e. The van der Waals surface area contributed by atoms with Crippen molar-refractivity contribution in [2.45, 2.75) is 19.3 Å². The van der Waals surface area contributed by atoms with Crippen molar-refractivity contribution >= 4 is 37.2 Å². The summed E-state index contributed by atoms with van der Waals surface area (Å²) in [5.41, 5.74) is -0.0651. The summed E-state index contributed by atoms with van der Waals surface area (Å²) in [4.78, 5) is 12.0. The van der Waals surface area contributed by atoms with Gasteiger partial charge in [0.25, 0.3) is 0 Å². The van der Waals surface area contributed by atoms with E-state index < -0.39 is 9.84 Å². The molecule has 0 aromatic carbocycles. The number of sulfone groups is 1. The highest BCUT2D eigenvalue weighted by Crippen LogP contribution is 2.42. The monoisotopic (exact) mass is 323 g/mol. The number of thiophene rings is 1. The summed E-state index contributed by atoms with van der Waals surface area (Å²) in [6.45, 7) is 1.75. The summed E-state index contributed by atoms with van der Waals surface area (Å²) in [6.07, 6.45) is 4.45. The summed E-state index contributed by atoms with van der Waals surface area (Å²) >= 11 is 1.62. The highest BCUT2D eigenvalue weighted by Gasteiger charge is 2.45. The van der Waals surface area contributed by atoms with E-state index in [0.29, 0.717) is 11.5 Å². The molecule has 2 aliphatic heterocycles. The second-order valence-corrected chi connectivity index (χ2v) is 9.28. The predicted octanol–water partition coefficient (Wildman–Crippen LogP) is 2.10. The van der Waals surface area contributed by atoms with Crippen LogP contribution in [0.3, 0.4) is 0 Å². The van der Waals surface area contributed by atoms with Gasteiger partial charge >= 0.3 is 0 Å². The lowest BCUT2D eigenvalue weighted by molar-refractivity contribution is 0.269. The van der Waals surface area contributed by atoms with Crippen molar-refractivity contribution in [2.75, 3.05) is 29.5 Å². The largest absolute Gasteiger partial charge is 0.355 e. The molecule has 2 aromatic rings. The third-order valence-electron chi connectivity index (χ3n) is 4.67. The SMILES string of the molecule is O=S1(=O)CCC2(CCCN(c3ncnc4sccc34)C2)C1. The van der Waals surface area contributed by atoms with Crippen molar-refractivity contribution in [3.63, 3.8) is 0 Å². The van der Waals surface area contributed by atoms with Crippen molar-refractivity contribution in [3.8, 4) is 0 Å². The van der Waals surface area contributed by atoms with Crippen LogP contribution >= 0.6 is 11.3 Å². The molecular weight excluding hydrogens is 306 g/mol. The Morgan fingerprint density at radius 2 is 2.19 bits per heavy atom. The maximum atomic E-state index is 11.9. The molecule has 2 saturated heterocycles. The Bertz CT molecular complexity index is 786. The number of aromatic nitrogens is 2.